The van der Waals surface area contributed by atoms with Crippen molar-refractivity contribution in [2.24, 2.45) is 0 Å². The summed E-state index contributed by atoms with van der Waals surface area (Å²) in [6, 6.07) is 12.7. The molecule has 2 heterocycles. The lowest BCUT2D eigenvalue weighted by Gasteiger charge is -2.24. The summed E-state index contributed by atoms with van der Waals surface area (Å²) < 4.78 is 28.4. The van der Waals surface area contributed by atoms with Gasteiger partial charge in [-0.05, 0) is 49.0 Å². The maximum Gasteiger partial charge on any atom is 0.264 e. The van der Waals surface area contributed by atoms with E-state index < -0.39 is 10.0 Å². The molecule has 6 nitrogen and oxygen atoms in total. The van der Waals surface area contributed by atoms with E-state index in [1.807, 2.05) is 11.9 Å². The zero-order valence-electron chi connectivity index (χ0n) is 17.6. The highest BCUT2D eigenvalue weighted by atomic mass is 35.5. The predicted molar refractivity (Wildman–Crippen MR) is 131 cm³/mol. The second-order valence-corrected chi connectivity index (χ2v) is 10.9. The van der Waals surface area contributed by atoms with Crippen LogP contribution in [0.5, 0.6) is 0 Å². The van der Waals surface area contributed by atoms with Gasteiger partial charge in [0.2, 0.25) is 0 Å². The van der Waals surface area contributed by atoms with Crippen molar-refractivity contribution in [1.29, 1.82) is 0 Å². The molecule has 0 unspecified atom stereocenters. The first-order valence-corrected chi connectivity index (χ1v) is 12.7. The van der Waals surface area contributed by atoms with Crippen molar-refractivity contribution in [3.8, 4) is 0 Å². The van der Waals surface area contributed by atoms with Gasteiger partial charge < -0.3 is 0 Å². The fraction of sp³-hybridized carbons (Fsp3) is 0.217. The Morgan fingerprint density at radius 1 is 1.03 bits per heavy atom. The van der Waals surface area contributed by atoms with Crippen LogP contribution in [0.25, 0.3) is 0 Å². The smallest absolute Gasteiger partial charge is 0.264 e. The lowest BCUT2D eigenvalue weighted by atomic mass is 10.0. The molecule has 0 spiro atoms. The first-order chi connectivity index (χ1) is 15.7. The Hall–Kier alpha value is -2.16. The van der Waals surface area contributed by atoms with Crippen LogP contribution in [-0.2, 0) is 23.0 Å². The Morgan fingerprint density at radius 3 is 2.42 bits per heavy atom. The number of benzene rings is 2. The van der Waals surface area contributed by atoms with Crippen LogP contribution in [0.15, 0.2) is 59.6 Å². The summed E-state index contributed by atoms with van der Waals surface area (Å²) in [5.41, 5.74) is 1.84. The van der Waals surface area contributed by atoms with Crippen molar-refractivity contribution >= 4 is 56.3 Å². The first kappa shape index (κ1) is 24.0. The molecule has 0 N–H and O–H groups in total. The molecule has 0 aliphatic carbocycles. The first-order valence-electron chi connectivity index (χ1n) is 10.1. The fourth-order valence-corrected chi connectivity index (χ4v) is 6.10. The zero-order valence-corrected chi connectivity index (χ0v) is 20.7. The number of anilines is 1. The zero-order chi connectivity index (χ0) is 23.8. The van der Waals surface area contributed by atoms with Gasteiger partial charge in [0.05, 0.1) is 31.9 Å². The summed E-state index contributed by atoms with van der Waals surface area (Å²) in [5, 5.41) is 0.862. The summed E-state index contributed by atoms with van der Waals surface area (Å²) >= 11 is 18.4. The topological polar surface area (TPSA) is 70.6 Å². The quantitative estimate of drug-likeness (QED) is 0.434. The van der Waals surface area contributed by atoms with Crippen molar-refractivity contribution < 1.29 is 13.2 Å². The molecule has 33 heavy (non-hydrogen) atoms. The minimum Gasteiger partial charge on any atom is -0.299 e. The third-order valence-electron chi connectivity index (χ3n) is 5.37. The Kier molecular flexibility index (Phi) is 6.98. The summed E-state index contributed by atoms with van der Waals surface area (Å²) in [6.07, 6.45) is 1.56. The van der Waals surface area contributed by atoms with E-state index in [9.17, 15) is 13.2 Å². The normalized spacial score (nSPS) is 14.6. The molecule has 0 fully saturated rings. The number of halogens is 3. The van der Waals surface area contributed by atoms with Crippen molar-refractivity contribution in [3.63, 3.8) is 0 Å². The number of fused-ring (bicyclic) bond motifs is 1. The molecule has 10 heteroatoms. The van der Waals surface area contributed by atoms with Gasteiger partial charge in [-0.1, -0.05) is 46.9 Å². The number of aromatic nitrogens is 1. The van der Waals surface area contributed by atoms with Gasteiger partial charge in [0.1, 0.15) is 0 Å². The second-order valence-electron chi connectivity index (χ2n) is 7.78. The molecule has 0 amide bonds. The van der Waals surface area contributed by atoms with E-state index in [0.29, 0.717) is 35.1 Å². The van der Waals surface area contributed by atoms with Gasteiger partial charge in [0.15, 0.2) is 5.78 Å². The molecule has 172 valence electrons. The lowest BCUT2D eigenvalue weighted by Crippen LogP contribution is -2.35. The van der Waals surface area contributed by atoms with Crippen LogP contribution in [0.2, 0.25) is 15.1 Å². The number of carbonyl (C=O) groups excluding carboxylic acids is 1. The number of ketones is 1. The van der Waals surface area contributed by atoms with E-state index in [1.54, 1.807) is 42.6 Å². The number of sulfonamides is 1. The van der Waals surface area contributed by atoms with Crippen molar-refractivity contribution in [3.05, 3.63) is 86.6 Å². The van der Waals surface area contributed by atoms with E-state index in [1.165, 1.54) is 16.4 Å². The van der Waals surface area contributed by atoms with E-state index in [2.05, 4.69) is 4.98 Å². The van der Waals surface area contributed by atoms with Crippen molar-refractivity contribution in [1.82, 2.24) is 9.88 Å². The molecular weight excluding hydrogens is 505 g/mol. The van der Waals surface area contributed by atoms with Gasteiger partial charge in [0, 0.05) is 37.3 Å². The van der Waals surface area contributed by atoms with Crippen LogP contribution >= 0.6 is 34.8 Å². The molecule has 0 radical (unpaired) electrons. The van der Waals surface area contributed by atoms with E-state index in [0.717, 1.165) is 0 Å². The van der Waals surface area contributed by atoms with Crippen LogP contribution in [0.1, 0.15) is 21.6 Å². The van der Waals surface area contributed by atoms with Crippen molar-refractivity contribution in [2.75, 3.05) is 24.4 Å². The summed E-state index contributed by atoms with van der Waals surface area (Å²) in [5.74, 6) is -0.276. The van der Waals surface area contributed by atoms with Gasteiger partial charge in [0.25, 0.3) is 10.0 Å². The summed E-state index contributed by atoms with van der Waals surface area (Å²) in [7, 11) is -2.00. The number of rotatable bonds is 5. The third kappa shape index (κ3) is 5.03. The monoisotopic (exact) mass is 523 g/mol. The fourth-order valence-electron chi connectivity index (χ4n) is 3.72. The van der Waals surface area contributed by atoms with E-state index in [4.69, 9.17) is 34.8 Å². The Balaban J connectivity index is 1.74. The largest absolute Gasteiger partial charge is 0.299 e. The van der Waals surface area contributed by atoms with Gasteiger partial charge in [-0.25, -0.2) is 8.42 Å². The highest BCUT2D eigenvalue weighted by Crippen LogP contribution is 2.32. The van der Waals surface area contributed by atoms with E-state index in [-0.39, 0.29) is 39.3 Å². The molecular formula is C23H20Cl3N3O3S. The number of hydrogen-bond acceptors (Lipinski definition) is 5. The molecule has 0 saturated heterocycles. The van der Waals surface area contributed by atoms with Gasteiger partial charge in [-0.3, -0.25) is 19.0 Å². The molecule has 0 saturated carbocycles. The number of hydrogen-bond donors (Lipinski definition) is 0. The second kappa shape index (κ2) is 9.60. The molecule has 4 rings (SSSR count). The SMILES string of the molecule is CN1CCN(S(=O)(=O)c2cccc(Cl)c2)c2cc(CC(=O)c3c(Cl)cccc3Cl)cnc2C1. The number of pyridine rings is 1. The molecule has 1 aliphatic heterocycles. The minimum atomic E-state index is -3.90. The molecule has 1 aliphatic rings. The van der Waals surface area contributed by atoms with Crippen LogP contribution < -0.4 is 4.31 Å². The number of likely N-dealkylation sites (N-methyl/N-ethyl adjacent to an activating group) is 1. The third-order valence-corrected chi connectivity index (χ3v) is 8.04. The Morgan fingerprint density at radius 2 is 1.73 bits per heavy atom. The van der Waals surface area contributed by atoms with Gasteiger partial charge in [-0.15, -0.1) is 0 Å². The van der Waals surface area contributed by atoms with Crippen LogP contribution in [0.3, 0.4) is 0 Å². The summed E-state index contributed by atoms with van der Waals surface area (Å²) in [6.45, 7) is 1.22. The van der Waals surface area contributed by atoms with Crippen LogP contribution in [-0.4, -0.2) is 44.2 Å². The molecule has 0 atom stereocenters. The number of nitrogens with zero attached hydrogens (tertiary/aromatic N) is 3. The number of Topliss-reactive ketones (excluding diaryl/α,β-unsaturated/α-hetero) is 1. The Bertz CT molecular complexity index is 1310. The molecule has 1 aromatic heterocycles. The average Bonchev–Trinajstić information content (AvgIpc) is 2.92. The van der Waals surface area contributed by atoms with Gasteiger partial charge >= 0.3 is 0 Å². The van der Waals surface area contributed by atoms with Crippen molar-refractivity contribution in [2.45, 2.75) is 17.9 Å². The minimum absolute atomic E-state index is 0.0232. The standard InChI is InChI=1S/C23H20Cl3N3O3S/c1-28-8-9-29(33(31,32)17-5-2-4-16(24)12-17)21-10-15(13-27-20(21)14-28)11-22(30)23-18(25)6-3-7-19(23)26/h2-7,10,12-13H,8-9,11,14H2,1H3. The molecule has 0 bridgehead atoms. The number of carbonyl (C=O) groups is 1. The lowest BCUT2D eigenvalue weighted by molar-refractivity contribution is 0.0993. The maximum absolute atomic E-state index is 13.5. The average molecular weight is 525 g/mol. The van der Waals surface area contributed by atoms with Crippen LogP contribution in [0.4, 0.5) is 5.69 Å². The molecule has 3 aromatic rings. The van der Waals surface area contributed by atoms with Gasteiger partial charge in [-0.2, -0.15) is 0 Å². The van der Waals surface area contributed by atoms with E-state index >= 15 is 0 Å². The summed E-state index contributed by atoms with van der Waals surface area (Å²) in [4.78, 5) is 19.5. The maximum atomic E-state index is 13.5. The highest BCUT2D eigenvalue weighted by molar-refractivity contribution is 7.92. The predicted octanol–water partition coefficient (Wildman–Crippen LogP) is 5.11. The Labute approximate surface area is 207 Å². The van der Waals surface area contributed by atoms with Crippen LogP contribution in [0, 0.1) is 0 Å². The highest BCUT2D eigenvalue weighted by Gasteiger charge is 2.30. The molecule has 2 aromatic carbocycles.